The second-order valence-electron chi connectivity index (χ2n) is 4.05. The molecule has 0 bridgehead atoms. The Labute approximate surface area is 93.6 Å². The van der Waals surface area contributed by atoms with E-state index in [1.807, 2.05) is 32.9 Å². The number of benzene rings is 1. The minimum atomic E-state index is -0.303. The summed E-state index contributed by atoms with van der Waals surface area (Å²) in [5.41, 5.74) is 2.21. The summed E-state index contributed by atoms with van der Waals surface area (Å²) in [5.74, 6) is -0.303. The molecule has 0 radical (unpaired) electrons. The van der Waals surface area contributed by atoms with E-state index >= 15 is 0 Å². The summed E-state index contributed by atoms with van der Waals surface area (Å²) in [6.07, 6.45) is 1.58. The fourth-order valence-corrected chi connectivity index (χ4v) is 1.65. The molecule has 84 valence electrons. The van der Waals surface area contributed by atoms with Gasteiger partial charge in [0.25, 0.3) is 0 Å². The van der Waals surface area contributed by atoms with Crippen molar-refractivity contribution in [1.29, 1.82) is 0 Å². The monoisotopic (exact) mass is 218 g/mol. The van der Waals surface area contributed by atoms with Gasteiger partial charge in [-0.1, -0.05) is 12.1 Å². The van der Waals surface area contributed by atoms with Gasteiger partial charge in [-0.25, -0.2) is 4.79 Å². The van der Waals surface area contributed by atoms with Crippen LogP contribution in [-0.2, 0) is 4.74 Å². The van der Waals surface area contributed by atoms with Crippen LogP contribution in [0.4, 0.5) is 0 Å². The molecule has 0 aliphatic rings. The van der Waals surface area contributed by atoms with Crippen molar-refractivity contribution in [3.63, 3.8) is 0 Å². The number of nitrogens with one attached hydrogen (secondary N) is 1. The topological polar surface area (TPSA) is 55.0 Å². The van der Waals surface area contributed by atoms with Gasteiger partial charge in [-0.15, -0.1) is 0 Å². The molecule has 0 aliphatic carbocycles. The summed E-state index contributed by atoms with van der Waals surface area (Å²) in [4.78, 5) is 11.9. The minimum Gasteiger partial charge on any atom is -0.459 e. The summed E-state index contributed by atoms with van der Waals surface area (Å²) in [5, 5.41) is 7.68. The second kappa shape index (κ2) is 3.96. The van der Waals surface area contributed by atoms with Crippen LogP contribution < -0.4 is 0 Å². The number of rotatable bonds is 2. The third kappa shape index (κ3) is 1.78. The number of esters is 1. The summed E-state index contributed by atoms with van der Waals surface area (Å²) in [6, 6.07) is 3.83. The van der Waals surface area contributed by atoms with E-state index in [0.29, 0.717) is 5.56 Å². The standard InChI is InChI=1S/C12H14N2O2/c1-7(2)16-12(15)10-8(3)4-5-9-6-13-14-11(9)10/h4-7H,1-3H3,(H,13,14). The van der Waals surface area contributed by atoms with Crippen LogP contribution in [0.5, 0.6) is 0 Å². The number of ether oxygens (including phenoxy) is 1. The molecule has 1 aromatic carbocycles. The normalized spacial score (nSPS) is 11.0. The number of nitrogens with zero attached hydrogens (tertiary/aromatic N) is 1. The number of aromatic nitrogens is 2. The van der Waals surface area contributed by atoms with E-state index in [9.17, 15) is 4.79 Å². The SMILES string of the molecule is Cc1ccc2cn[nH]c2c1C(=O)OC(C)C. The first-order chi connectivity index (χ1) is 7.59. The zero-order valence-electron chi connectivity index (χ0n) is 9.57. The van der Waals surface area contributed by atoms with Crippen LogP contribution in [0, 0.1) is 6.92 Å². The van der Waals surface area contributed by atoms with Gasteiger partial charge in [-0.05, 0) is 26.3 Å². The maximum absolute atomic E-state index is 11.9. The average molecular weight is 218 g/mol. The van der Waals surface area contributed by atoms with E-state index in [0.717, 1.165) is 16.5 Å². The highest BCUT2D eigenvalue weighted by atomic mass is 16.5. The lowest BCUT2D eigenvalue weighted by molar-refractivity contribution is 0.0379. The predicted molar refractivity (Wildman–Crippen MR) is 61.4 cm³/mol. The maximum Gasteiger partial charge on any atom is 0.340 e. The molecular formula is C12H14N2O2. The fourth-order valence-electron chi connectivity index (χ4n) is 1.65. The first kappa shape index (κ1) is 10.7. The predicted octanol–water partition coefficient (Wildman–Crippen LogP) is 2.44. The number of hydrogen-bond donors (Lipinski definition) is 1. The molecule has 0 fully saturated rings. The highest BCUT2D eigenvalue weighted by Gasteiger charge is 2.16. The maximum atomic E-state index is 11.9. The van der Waals surface area contributed by atoms with Crippen LogP contribution in [-0.4, -0.2) is 22.3 Å². The highest BCUT2D eigenvalue weighted by Crippen LogP contribution is 2.21. The number of H-pyrrole nitrogens is 1. The van der Waals surface area contributed by atoms with Crippen molar-refractivity contribution >= 4 is 16.9 Å². The lowest BCUT2D eigenvalue weighted by atomic mass is 10.1. The molecular weight excluding hydrogens is 204 g/mol. The van der Waals surface area contributed by atoms with Crippen molar-refractivity contribution in [2.75, 3.05) is 0 Å². The number of aryl methyl sites for hydroxylation is 1. The van der Waals surface area contributed by atoms with Crippen molar-refractivity contribution in [3.8, 4) is 0 Å². The Morgan fingerprint density at radius 2 is 2.19 bits per heavy atom. The molecule has 16 heavy (non-hydrogen) atoms. The first-order valence-corrected chi connectivity index (χ1v) is 5.23. The van der Waals surface area contributed by atoms with Gasteiger partial charge in [-0.2, -0.15) is 5.10 Å². The van der Waals surface area contributed by atoms with Gasteiger partial charge in [0.1, 0.15) is 0 Å². The van der Waals surface area contributed by atoms with Crippen molar-refractivity contribution in [1.82, 2.24) is 10.2 Å². The lowest BCUT2D eigenvalue weighted by Gasteiger charge is -2.10. The van der Waals surface area contributed by atoms with Crippen LogP contribution in [0.15, 0.2) is 18.3 Å². The van der Waals surface area contributed by atoms with Crippen LogP contribution in [0.25, 0.3) is 10.9 Å². The van der Waals surface area contributed by atoms with Crippen LogP contribution in [0.1, 0.15) is 29.8 Å². The molecule has 1 heterocycles. The molecule has 2 rings (SSSR count). The van der Waals surface area contributed by atoms with Gasteiger partial charge >= 0.3 is 5.97 Å². The first-order valence-electron chi connectivity index (χ1n) is 5.23. The van der Waals surface area contributed by atoms with E-state index in [2.05, 4.69) is 10.2 Å². The third-order valence-electron chi connectivity index (χ3n) is 2.37. The van der Waals surface area contributed by atoms with E-state index < -0.39 is 0 Å². The molecule has 0 unspecified atom stereocenters. The average Bonchev–Trinajstić information content (AvgIpc) is 2.63. The molecule has 0 amide bonds. The van der Waals surface area contributed by atoms with Gasteiger partial charge in [0.2, 0.25) is 0 Å². The van der Waals surface area contributed by atoms with Gasteiger partial charge in [-0.3, -0.25) is 5.10 Å². The molecule has 0 saturated heterocycles. The Bertz CT molecular complexity index is 529. The smallest absolute Gasteiger partial charge is 0.340 e. The molecule has 0 atom stereocenters. The Kier molecular flexibility index (Phi) is 2.64. The van der Waals surface area contributed by atoms with E-state index in [1.165, 1.54) is 0 Å². The molecule has 4 heteroatoms. The Morgan fingerprint density at radius 3 is 2.88 bits per heavy atom. The van der Waals surface area contributed by atoms with E-state index in [1.54, 1.807) is 6.20 Å². The zero-order valence-corrected chi connectivity index (χ0v) is 9.57. The Balaban J connectivity index is 2.53. The van der Waals surface area contributed by atoms with Crippen LogP contribution >= 0.6 is 0 Å². The number of carbonyl (C=O) groups is 1. The summed E-state index contributed by atoms with van der Waals surface area (Å²) in [6.45, 7) is 5.55. The van der Waals surface area contributed by atoms with Crippen molar-refractivity contribution in [2.45, 2.75) is 26.9 Å². The van der Waals surface area contributed by atoms with Crippen molar-refractivity contribution in [2.24, 2.45) is 0 Å². The number of fused-ring (bicyclic) bond motifs is 1. The summed E-state index contributed by atoms with van der Waals surface area (Å²) < 4.78 is 5.21. The van der Waals surface area contributed by atoms with Crippen molar-refractivity contribution < 1.29 is 9.53 Å². The zero-order chi connectivity index (χ0) is 11.7. The lowest BCUT2D eigenvalue weighted by Crippen LogP contribution is -2.13. The number of aromatic amines is 1. The molecule has 2 aromatic rings. The molecule has 4 nitrogen and oxygen atoms in total. The fraction of sp³-hybridized carbons (Fsp3) is 0.333. The molecule has 0 saturated carbocycles. The van der Waals surface area contributed by atoms with Gasteiger partial charge in [0.15, 0.2) is 0 Å². The van der Waals surface area contributed by atoms with Gasteiger partial charge in [0, 0.05) is 5.39 Å². The third-order valence-corrected chi connectivity index (χ3v) is 2.37. The number of hydrogen-bond acceptors (Lipinski definition) is 3. The highest BCUT2D eigenvalue weighted by molar-refractivity contribution is 6.04. The Hall–Kier alpha value is -1.84. The van der Waals surface area contributed by atoms with Crippen molar-refractivity contribution in [3.05, 3.63) is 29.5 Å². The largest absolute Gasteiger partial charge is 0.459 e. The number of carbonyl (C=O) groups excluding carboxylic acids is 1. The molecule has 0 aliphatic heterocycles. The van der Waals surface area contributed by atoms with Crippen LogP contribution in [0.3, 0.4) is 0 Å². The molecule has 1 N–H and O–H groups in total. The molecule has 1 aromatic heterocycles. The summed E-state index contributed by atoms with van der Waals surface area (Å²) >= 11 is 0. The van der Waals surface area contributed by atoms with E-state index in [4.69, 9.17) is 4.74 Å². The van der Waals surface area contributed by atoms with Gasteiger partial charge in [0.05, 0.1) is 23.4 Å². The summed E-state index contributed by atoms with van der Waals surface area (Å²) in [7, 11) is 0. The van der Waals surface area contributed by atoms with E-state index in [-0.39, 0.29) is 12.1 Å². The minimum absolute atomic E-state index is 0.120. The second-order valence-corrected chi connectivity index (χ2v) is 4.05. The Morgan fingerprint density at radius 1 is 1.44 bits per heavy atom. The van der Waals surface area contributed by atoms with Crippen LogP contribution in [0.2, 0.25) is 0 Å². The molecule has 0 spiro atoms. The quantitative estimate of drug-likeness (QED) is 0.787. The van der Waals surface area contributed by atoms with Gasteiger partial charge < -0.3 is 4.74 Å².